The van der Waals surface area contributed by atoms with Crippen molar-refractivity contribution in [2.24, 2.45) is 17.3 Å². The molecule has 4 aliphatic rings. The van der Waals surface area contributed by atoms with Crippen LogP contribution in [0.4, 0.5) is 0 Å². The van der Waals surface area contributed by atoms with E-state index in [1.807, 2.05) is 0 Å². The number of ether oxygens (including phenoxy) is 3. The molecule has 4 heteroatoms. The molecule has 4 rings (SSSR count). The Kier molecular flexibility index (Phi) is 3.39. The average Bonchev–Trinajstić information content (AvgIpc) is 2.45. The maximum atomic E-state index is 11.9. The summed E-state index contributed by atoms with van der Waals surface area (Å²) in [5.74, 6) is 1.11. The van der Waals surface area contributed by atoms with E-state index in [1.165, 1.54) is 12.0 Å². The normalized spacial score (nSPS) is 36.1. The van der Waals surface area contributed by atoms with Gasteiger partial charge in [-0.05, 0) is 35.7 Å². The second-order valence-electron chi connectivity index (χ2n) is 6.36. The van der Waals surface area contributed by atoms with Gasteiger partial charge < -0.3 is 14.2 Å². The van der Waals surface area contributed by atoms with Crippen molar-refractivity contribution in [3.05, 3.63) is 11.6 Å². The highest BCUT2D eigenvalue weighted by Crippen LogP contribution is 2.59. The van der Waals surface area contributed by atoms with Gasteiger partial charge in [-0.1, -0.05) is 19.9 Å². The third-order valence-electron chi connectivity index (χ3n) is 5.04. The predicted octanol–water partition coefficient (Wildman–Crippen LogP) is 1.94. The summed E-state index contributed by atoms with van der Waals surface area (Å²) < 4.78 is 16.0. The number of allylic oxidation sites excluding steroid dienone is 1. The molecule has 1 saturated heterocycles. The van der Waals surface area contributed by atoms with E-state index in [-0.39, 0.29) is 5.97 Å². The molecule has 106 valence electrons. The highest BCUT2D eigenvalue weighted by Gasteiger charge is 2.51. The zero-order valence-electron chi connectivity index (χ0n) is 11.7. The highest BCUT2D eigenvalue weighted by molar-refractivity contribution is 5.75. The van der Waals surface area contributed by atoms with Crippen LogP contribution in [0, 0.1) is 17.3 Å². The van der Waals surface area contributed by atoms with Crippen LogP contribution in [-0.2, 0) is 19.0 Å². The molecule has 0 radical (unpaired) electrons. The maximum Gasteiger partial charge on any atom is 0.338 e. The molecule has 4 nitrogen and oxygen atoms in total. The Hall–Kier alpha value is -0.870. The molecule has 0 amide bonds. The monoisotopic (exact) mass is 266 g/mol. The Morgan fingerprint density at radius 1 is 1.47 bits per heavy atom. The Bertz CT molecular complexity index is 393. The van der Waals surface area contributed by atoms with Gasteiger partial charge in [-0.15, -0.1) is 0 Å². The van der Waals surface area contributed by atoms with Crippen molar-refractivity contribution in [1.82, 2.24) is 0 Å². The van der Waals surface area contributed by atoms with Gasteiger partial charge in [-0.25, -0.2) is 4.79 Å². The minimum Gasteiger partial charge on any atom is -0.459 e. The zero-order chi connectivity index (χ0) is 13.5. The van der Waals surface area contributed by atoms with E-state index in [4.69, 9.17) is 14.2 Å². The van der Waals surface area contributed by atoms with Gasteiger partial charge in [0.15, 0.2) is 6.10 Å². The lowest BCUT2D eigenvalue weighted by Gasteiger charge is -2.56. The lowest BCUT2D eigenvalue weighted by atomic mass is 9.49. The van der Waals surface area contributed by atoms with Crippen LogP contribution >= 0.6 is 0 Å². The molecule has 0 unspecified atom stereocenters. The summed E-state index contributed by atoms with van der Waals surface area (Å²) in [4.78, 5) is 11.9. The molecular weight excluding hydrogens is 244 g/mol. The smallest absolute Gasteiger partial charge is 0.338 e. The summed E-state index contributed by atoms with van der Waals surface area (Å²) >= 11 is 0. The largest absolute Gasteiger partial charge is 0.459 e. The molecule has 0 spiro atoms. The summed E-state index contributed by atoms with van der Waals surface area (Å²) in [6.07, 6.45) is 4.09. The molecule has 0 N–H and O–H groups in total. The third kappa shape index (κ3) is 2.32. The Morgan fingerprint density at radius 3 is 2.95 bits per heavy atom. The second-order valence-corrected chi connectivity index (χ2v) is 6.36. The molecule has 1 heterocycles. The molecule has 0 aromatic carbocycles. The van der Waals surface area contributed by atoms with Crippen LogP contribution in [0.25, 0.3) is 0 Å². The SMILES string of the molecule is CC1(C)[C@H]2CC=C(COC(=O)[C@@H]3COCCO3)[C@@H]1C2. The van der Waals surface area contributed by atoms with Gasteiger partial charge in [0.25, 0.3) is 0 Å². The van der Waals surface area contributed by atoms with Gasteiger partial charge in [-0.2, -0.15) is 0 Å². The van der Waals surface area contributed by atoms with E-state index in [1.54, 1.807) is 0 Å². The van der Waals surface area contributed by atoms with Crippen LogP contribution in [0.2, 0.25) is 0 Å². The van der Waals surface area contributed by atoms with Crippen molar-refractivity contribution in [2.75, 3.05) is 26.4 Å². The molecule has 19 heavy (non-hydrogen) atoms. The molecule has 3 atom stereocenters. The quantitative estimate of drug-likeness (QED) is 0.578. The summed E-state index contributed by atoms with van der Waals surface area (Å²) in [5.41, 5.74) is 1.67. The summed E-state index contributed by atoms with van der Waals surface area (Å²) in [5, 5.41) is 0. The Balaban J connectivity index is 1.52. The minimum atomic E-state index is -0.542. The Morgan fingerprint density at radius 2 is 2.32 bits per heavy atom. The van der Waals surface area contributed by atoms with Crippen molar-refractivity contribution < 1.29 is 19.0 Å². The van der Waals surface area contributed by atoms with Gasteiger partial charge in [0.1, 0.15) is 6.61 Å². The molecule has 2 bridgehead atoms. The molecule has 1 aliphatic heterocycles. The van der Waals surface area contributed by atoms with Crippen molar-refractivity contribution >= 4 is 5.97 Å². The number of carbonyl (C=O) groups is 1. The van der Waals surface area contributed by atoms with Gasteiger partial charge in [0.2, 0.25) is 0 Å². The van der Waals surface area contributed by atoms with Gasteiger partial charge >= 0.3 is 5.97 Å². The minimum absolute atomic E-state index is 0.292. The first kappa shape index (κ1) is 13.1. The first-order chi connectivity index (χ1) is 9.09. The number of esters is 1. The maximum absolute atomic E-state index is 11.9. The number of rotatable bonds is 3. The third-order valence-corrected chi connectivity index (χ3v) is 5.04. The zero-order valence-corrected chi connectivity index (χ0v) is 11.7. The summed E-state index contributed by atoms with van der Waals surface area (Å²) in [6, 6.07) is 0. The van der Waals surface area contributed by atoms with Crippen molar-refractivity contribution in [2.45, 2.75) is 32.8 Å². The van der Waals surface area contributed by atoms with Crippen LogP contribution in [0.15, 0.2) is 11.6 Å². The van der Waals surface area contributed by atoms with Crippen molar-refractivity contribution in [1.29, 1.82) is 0 Å². The van der Waals surface area contributed by atoms with Crippen molar-refractivity contribution in [3.8, 4) is 0 Å². The van der Waals surface area contributed by atoms with Crippen LogP contribution in [0.3, 0.4) is 0 Å². The fraction of sp³-hybridized carbons (Fsp3) is 0.800. The van der Waals surface area contributed by atoms with Crippen LogP contribution in [0.1, 0.15) is 26.7 Å². The highest BCUT2D eigenvalue weighted by atomic mass is 16.6. The molecular formula is C15H22O4. The van der Waals surface area contributed by atoms with Crippen LogP contribution < -0.4 is 0 Å². The van der Waals surface area contributed by atoms with E-state index in [0.29, 0.717) is 37.8 Å². The van der Waals surface area contributed by atoms with Crippen LogP contribution in [0.5, 0.6) is 0 Å². The fourth-order valence-electron chi connectivity index (χ4n) is 3.51. The summed E-state index contributed by atoms with van der Waals surface area (Å²) in [7, 11) is 0. The van der Waals surface area contributed by atoms with Gasteiger partial charge in [0, 0.05) is 0 Å². The van der Waals surface area contributed by atoms with Gasteiger partial charge in [-0.3, -0.25) is 0 Å². The van der Waals surface area contributed by atoms with Gasteiger partial charge in [0.05, 0.1) is 19.8 Å². The topological polar surface area (TPSA) is 44.8 Å². The lowest BCUT2D eigenvalue weighted by molar-refractivity contribution is -0.170. The number of hydrogen-bond acceptors (Lipinski definition) is 4. The van der Waals surface area contributed by atoms with E-state index in [2.05, 4.69) is 19.9 Å². The first-order valence-electron chi connectivity index (χ1n) is 7.14. The fourth-order valence-corrected chi connectivity index (χ4v) is 3.51. The average molecular weight is 266 g/mol. The lowest BCUT2D eigenvalue weighted by Crippen LogP contribution is -2.49. The summed E-state index contributed by atoms with van der Waals surface area (Å²) in [6.45, 7) is 6.40. The molecule has 0 aromatic heterocycles. The molecule has 1 saturated carbocycles. The second kappa shape index (κ2) is 4.91. The van der Waals surface area contributed by atoms with Crippen LogP contribution in [-0.4, -0.2) is 38.5 Å². The molecule has 2 fully saturated rings. The molecule has 3 aliphatic carbocycles. The Labute approximate surface area is 114 Å². The van der Waals surface area contributed by atoms with E-state index in [0.717, 1.165) is 12.3 Å². The number of carbonyl (C=O) groups excluding carboxylic acids is 1. The molecule has 0 aromatic rings. The van der Waals surface area contributed by atoms with E-state index in [9.17, 15) is 4.79 Å². The van der Waals surface area contributed by atoms with E-state index < -0.39 is 6.10 Å². The van der Waals surface area contributed by atoms with E-state index >= 15 is 0 Å². The number of hydrogen-bond donors (Lipinski definition) is 0. The first-order valence-corrected chi connectivity index (χ1v) is 7.14. The predicted molar refractivity (Wildman–Crippen MR) is 69.6 cm³/mol. The number of fused-ring (bicyclic) bond motifs is 1. The van der Waals surface area contributed by atoms with Crippen molar-refractivity contribution in [3.63, 3.8) is 0 Å². The standard InChI is InChI=1S/C15H22O4/c1-15(2)11-4-3-10(12(15)7-11)8-19-14(16)13-9-17-5-6-18-13/h3,11-13H,4-9H2,1-2H3/t11-,12-,13-/m0/s1.